The summed E-state index contributed by atoms with van der Waals surface area (Å²) in [6.07, 6.45) is -1.02. The lowest BCUT2D eigenvalue weighted by Crippen LogP contribution is -2.53. The van der Waals surface area contributed by atoms with Crippen LogP contribution in [-0.2, 0) is 32.2 Å². The van der Waals surface area contributed by atoms with Crippen LogP contribution in [0.3, 0.4) is 0 Å². The SMILES string of the molecule is CC(C)(C)OC(=O)CC[C@]1(C(=O)NNCc2ccc(F)cc2F)N=C(c2ccc(OCCCO)cc2)O[C@H]1c1ccccc1CN=[N+]=[N-]. The van der Waals surface area contributed by atoms with Gasteiger partial charge in [0.2, 0.25) is 5.90 Å². The van der Waals surface area contributed by atoms with Crippen LogP contribution in [0.25, 0.3) is 10.4 Å². The van der Waals surface area contributed by atoms with Crippen molar-refractivity contribution in [1.29, 1.82) is 0 Å². The van der Waals surface area contributed by atoms with Crippen molar-refractivity contribution >= 4 is 17.8 Å². The fraction of sp³-hybridized carbons (Fsp3) is 0.382. The standard InChI is InChI=1S/C34H38F2N6O6/c1-33(2,3)48-29(44)15-16-34(32(45)41-38-21-24-9-12-25(35)19-28(24)36)30(27-8-5-4-7-23(27)20-39-42-37)47-31(40-34)22-10-13-26(14-11-22)46-18-6-17-43/h4-5,7-14,19,30,38,43H,6,15-18,20-21H2,1-3H3,(H,41,45)/t30-,34-/m0/s1. The third-order valence-corrected chi connectivity index (χ3v) is 7.30. The average molecular weight is 665 g/mol. The van der Waals surface area contributed by atoms with Crippen LogP contribution in [0.4, 0.5) is 8.78 Å². The molecule has 0 aromatic heterocycles. The van der Waals surface area contributed by atoms with Gasteiger partial charge < -0.3 is 19.3 Å². The molecule has 14 heteroatoms. The number of aliphatic hydroxyl groups excluding tert-OH is 1. The lowest BCUT2D eigenvalue weighted by Gasteiger charge is -2.31. The molecule has 1 heterocycles. The van der Waals surface area contributed by atoms with Crippen molar-refractivity contribution in [2.24, 2.45) is 10.1 Å². The van der Waals surface area contributed by atoms with Crippen molar-refractivity contribution in [3.63, 3.8) is 0 Å². The molecule has 1 aliphatic rings. The highest BCUT2D eigenvalue weighted by molar-refractivity contribution is 6.01. The fourth-order valence-corrected chi connectivity index (χ4v) is 5.07. The number of halogens is 2. The van der Waals surface area contributed by atoms with Crippen LogP contribution in [0.5, 0.6) is 5.75 Å². The third-order valence-electron chi connectivity index (χ3n) is 7.30. The van der Waals surface area contributed by atoms with Gasteiger partial charge >= 0.3 is 5.97 Å². The number of ether oxygens (including phenoxy) is 3. The lowest BCUT2D eigenvalue weighted by molar-refractivity contribution is -0.155. The molecule has 1 amide bonds. The van der Waals surface area contributed by atoms with Crippen LogP contribution in [0.2, 0.25) is 0 Å². The van der Waals surface area contributed by atoms with Gasteiger partial charge in [0, 0.05) is 48.1 Å². The van der Waals surface area contributed by atoms with E-state index in [9.17, 15) is 18.4 Å². The largest absolute Gasteiger partial charge is 0.494 e. The van der Waals surface area contributed by atoms with Crippen molar-refractivity contribution < 1.29 is 37.7 Å². The van der Waals surface area contributed by atoms with E-state index in [1.165, 1.54) is 6.07 Å². The molecule has 2 atom stereocenters. The number of aliphatic imine (C=N–C) groups is 1. The molecule has 0 aliphatic carbocycles. The summed E-state index contributed by atoms with van der Waals surface area (Å²) in [4.78, 5) is 35.0. The third kappa shape index (κ3) is 9.28. The number of carbonyl (C=O) groups excluding carboxylic acids is 2. The van der Waals surface area contributed by atoms with Gasteiger partial charge in [-0.15, -0.1) is 0 Å². The first-order valence-electron chi connectivity index (χ1n) is 15.3. The Kier molecular flexibility index (Phi) is 12.1. The molecule has 0 bridgehead atoms. The highest BCUT2D eigenvalue weighted by Crippen LogP contribution is 2.44. The first kappa shape index (κ1) is 35.8. The van der Waals surface area contributed by atoms with E-state index in [-0.39, 0.29) is 44.0 Å². The van der Waals surface area contributed by atoms with Gasteiger partial charge in [-0.05, 0) is 74.2 Å². The first-order valence-corrected chi connectivity index (χ1v) is 15.3. The molecular formula is C34H38F2N6O6. The number of rotatable bonds is 15. The Bertz CT molecular complexity index is 1670. The van der Waals surface area contributed by atoms with Gasteiger partial charge in [-0.3, -0.25) is 15.0 Å². The highest BCUT2D eigenvalue weighted by atomic mass is 19.1. The Labute approximate surface area is 276 Å². The Morgan fingerprint density at radius 3 is 2.54 bits per heavy atom. The zero-order valence-corrected chi connectivity index (χ0v) is 26.9. The van der Waals surface area contributed by atoms with Crippen LogP contribution in [0.15, 0.2) is 76.8 Å². The van der Waals surface area contributed by atoms with E-state index in [0.29, 0.717) is 35.5 Å². The van der Waals surface area contributed by atoms with Crippen LogP contribution in [0.1, 0.15) is 68.4 Å². The lowest BCUT2D eigenvalue weighted by atomic mass is 9.82. The maximum absolute atomic E-state index is 14.3. The summed E-state index contributed by atoms with van der Waals surface area (Å²) in [6, 6.07) is 16.8. The zero-order valence-electron chi connectivity index (χ0n) is 26.9. The quantitative estimate of drug-likeness (QED) is 0.0465. The number of hydrogen-bond acceptors (Lipinski definition) is 9. The van der Waals surface area contributed by atoms with Crippen molar-refractivity contribution in [2.75, 3.05) is 13.2 Å². The number of hydrogen-bond donors (Lipinski definition) is 3. The molecular weight excluding hydrogens is 626 g/mol. The molecule has 1 aliphatic heterocycles. The predicted octanol–water partition coefficient (Wildman–Crippen LogP) is 5.74. The summed E-state index contributed by atoms with van der Waals surface area (Å²) in [5, 5.41) is 12.8. The predicted molar refractivity (Wildman–Crippen MR) is 172 cm³/mol. The van der Waals surface area contributed by atoms with Crippen LogP contribution in [-0.4, -0.2) is 47.2 Å². The van der Waals surface area contributed by atoms with E-state index in [1.807, 2.05) is 0 Å². The number of esters is 1. The van der Waals surface area contributed by atoms with E-state index in [1.54, 1.807) is 69.3 Å². The number of benzene rings is 3. The zero-order chi connectivity index (χ0) is 34.7. The highest BCUT2D eigenvalue weighted by Gasteiger charge is 2.54. The number of nitrogens with zero attached hydrogens (tertiary/aromatic N) is 4. The number of azide groups is 1. The number of hydrazine groups is 1. The van der Waals surface area contributed by atoms with Gasteiger partial charge in [0.25, 0.3) is 5.91 Å². The molecule has 0 spiro atoms. The second-order valence-corrected chi connectivity index (χ2v) is 12.0. The molecule has 12 nitrogen and oxygen atoms in total. The second kappa shape index (κ2) is 16.2. The van der Waals surface area contributed by atoms with Gasteiger partial charge in [0.15, 0.2) is 11.6 Å². The van der Waals surface area contributed by atoms with Gasteiger partial charge in [0.1, 0.15) is 23.0 Å². The maximum atomic E-state index is 14.3. The first-order chi connectivity index (χ1) is 23.0. The maximum Gasteiger partial charge on any atom is 0.306 e. The summed E-state index contributed by atoms with van der Waals surface area (Å²) in [7, 11) is 0. The molecule has 3 aromatic rings. The summed E-state index contributed by atoms with van der Waals surface area (Å²) in [5.74, 6) is -2.15. The summed E-state index contributed by atoms with van der Waals surface area (Å²) in [6.45, 7) is 5.26. The van der Waals surface area contributed by atoms with Crippen molar-refractivity contribution in [1.82, 2.24) is 10.9 Å². The fourth-order valence-electron chi connectivity index (χ4n) is 5.07. The van der Waals surface area contributed by atoms with Crippen molar-refractivity contribution in [3.8, 4) is 5.75 Å². The van der Waals surface area contributed by atoms with Crippen molar-refractivity contribution in [3.05, 3.63) is 111 Å². The average Bonchev–Trinajstić information content (AvgIpc) is 3.44. The monoisotopic (exact) mass is 664 g/mol. The molecule has 0 saturated carbocycles. The normalized spacial score (nSPS) is 17.1. The Morgan fingerprint density at radius 1 is 1.10 bits per heavy atom. The van der Waals surface area contributed by atoms with E-state index in [2.05, 4.69) is 20.9 Å². The minimum Gasteiger partial charge on any atom is -0.494 e. The molecule has 254 valence electrons. The molecule has 0 saturated heterocycles. The van der Waals surface area contributed by atoms with E-state index in [4.69, 9.17) is 29.8 Å². The number of aliphatic hydroxyl groups is 1. The Morgan fingerprint density at radius 2 is 1.85 bits per heavy atom. The van der Waals surface area contributed by atoms with E-state index >= 15 is 0 Å². The number of carbonyl (C=O) groups is 2. The van der Waals surface area contributed by atoms with Gasteiger partial charge in [-0.25, -0.2) is 19.2 Å². The summed E-state index contributed by atoms with van der Waals surface area (Å²) >= 11 is 0. The van der Waals surface area contributed by atoms with Gasteiger partial charge in [0.05, 0.1) is 13.2 Å². The minimum absolute atomic E-state index is 0.00753. The smallest absolute Gasteiger partial charge is 0.306 e. The van der Waals surface area contributed by atoms with E-state index in [0.717, 1.165) is 12.1 Å². The molecule has 0 fully saturated rings. The molecule has 48 heavy (non-hydrogen) atoms. The topological polar surface area (TPSA) is 167 Å². The van der Waals surface area contributed by atoms with Gasteiger partial charge in [-0.1, -0.05) is 35.4 Å². The second-order valence-electron chi connectivity index (χ2n) is 12.0. The molecule has 3 aromatic carbocycles. The summed E-state index contributed by atoms with van der Waals surface area (Å²) in [5.41, 5.74) is 13.4. The van der Waals surface area contributed by atoms with Crippen LogP contribution in [0, 0.1) is 11.6 Å². The van der Waals surface area contributed by atoms with E-state index < -0.39 is 40.8 Å². The Balaban J connectivity index is 1.75. The van der Waals surface area contributed by atoms with Crippen LogP contribution < -0.4 is 15.6 Å². The minimum atomic E-state index is -1.77. The molecule has 0 radical (unpaired) electrons. The molecule has 4 rings (SSSR count). The van der Waals surface area contributed by atoms with Crippen LogP contribution >= 0.6 is 0 Å². The summed E-state index contributed by atoms with van der Waals surface area (Å²) < 4.78 is 45.4. The number of nitrogens with one attached hydrogen (secondary N) is 2. The molecule has 0 unspecified atom stereocenters. The van der Waals surface area contributed by atoms with Crippen molar-refractivity contribution in [2.45, 2.75) is 70.4 Å². The molecule has 3 N–H and O–H groups in total. The van der Waals surface area contributed by atoms with Gasteiger partial charge in [-0.2, -0.15) is 0 Å². The number of amides is 1. The Hall–Kier alpha value is -5.04.